The first-order valence-corrected chi connectivity index (χ1v) is 8.12. The Labute approximate surface area is 124 Å². The van der Waals surface area contributed by atoms with Crippen LogP contribution in [0, 0.1) is 0 Å². The van der Waals surface area contributed by atoms with Gasteiger partial charge >= 0.3 is 0 Å². The number of aryl methyl sites for hydroxylation is 1. The Morgan fingerprint density at radius 1 is 1.35 bits per heavy atom. The van der Waals surface area contributed by atoms with Crippen molar-refractivity contribution < 1.29 is 0 Å². The van der Waals surface area contributed by atoms with Crippen LogP contribution in [0.2, 0.25) is 0 Å². The zero-order valence-corrected chi connectivity index (χ0v) is 12.7. The third-order valence-electron chi connectivity index (χ3n) is 3.83. The van der Waals surface area contributed by atoms with Crippen LogP contribution in [0.1, 0.15) is 19.8 Å². The van der Waals surface area contributed by atoms with E-state index in [2.05, 4.69) is 52.4 Å². The van der Waals surface area contributed by atoms with Crippen molar-refractivity contribution in [2.24, 2.45) is 7.05 Å². The number of nitrogens with zero attached hydrogens (tertiary/aromatic N) is 3. The predicted octanol–water partition coefficient (Wildman–Crippen LogP) is 3.18. The lowest BCUT2D eigenvalue weighted by atomic mass is 10.1. The molecular formula is C15H20N4S. The summed E-state index contributed by atoms with van der Waals surface area (Å²) in [6, 6.07) is 8.89. The average Bonchev–Trinajstić information content (AvgIpc) is 2.88. The minimum Gasteiger partial charge on any atom is -0.381 e. The van der Waals surface area contributed by atoms with Gasteiger partial charge in [0.25, 0.3) is 0 Å². The van der Waals surface area contributed by atoms with Gasteiger partial charge in [0, 0.05) is 29.6 Å². The van der Waals surface area contributed by atoms with E-state index in [1.54, 1.807) is 6.33 Å². The molecule has 0 bridgehead atoms. The van der Waals surface area contributed by atoms with Crippen LogP contribution in [-0.4, -0.2) is 31.8 Å². The number of nitrogens with one attached hydrogen (secondary N) is 1. The molecule has 0 radical (unpaired) electrons. The van der Waals surface area contributed by atoms with Gasteiger partial charge in [-0.3, -0.25) is 0 Å². The molecule has 0 saturated carbocycles. The SMILES string of the molecule is CC1SCCCC1Nc1ccccc1-c1nncn1C. The van der Waals surface area contributed by atoms with E-state index < -0.39 is 0 Å². The van der Waals surface area contributed by atoms with E-state index in [0.717, 1.165) is 17.1 Å². The summed E-state index contributed by atoms with van der Waals surface area (Å²) in [5.41, 5.74) is 2.28. The highest BCUT2D eigenvalue weighted by Crippen LogP contribution is 2.31. The molecule has 1 saturated heterocycles. The molecule has 3 rings (SSSR count). The summed E-state index contributed by atoms with van der Waals surface area (Å²) < 4.78 is 1.96. The van der Waals surface area contributed by atoms with Crippen LogP contribution in [0.3, 0.4) is 0 Å². The molecule has 2 heterocycles. The van der Waals surface area contributed by atoms with Crippen molar-refractivity contribution in [1.29, 1.82) is 0 Å². The van der Waals surface area contributed by atoms with Gasteiger partial charge in [-0.2, -0.15) is 11.8 Å². The average molecular weight is 288 g/mol. The van der Waals surface area contributed by atoms with E-state index in [1.165, 1.54) is 18.6 Å². The standard InChI is InChI=1S/C15H20N4S/c1-11-13(8-5-9-20-11)17-14-7-4-3-6-12(14)15-18-16-10-19(15)2/h3-4,6-7,10-11,13,17H,5,8-9H2,1-2H3. The molecule has 1 aliphatic rings. The summed E-state index contributed by atoms with van der Waals surface area (Å²) in [7, 11) is 1.98. The van der Waals surface area contributed by atoms with Crippen molar-refractivity contribution in [2.45, 2.75) is 31.1 Å². The minimum atomic E-state index is 0.531. The van der Waals surface area contributed by atoms with Gasteiger partial charge in [-0.15, -0.1) is 10.2 Å². The molecule has 1 aromatic carbocycles. The van der Waals surface area contributed by atoms with E-state index >= 15 is 0 Å². The molecule has 5 heteroatoms. The van der Waals surface area contributed by atoms with E-state index in [1.807, 2.05) is 17.7 Å². The predicted molar refractivity (Wildman–Crippen MR) is 85.0 cm³/mol. The fourth-order valence-electron chi connectivity index (χ4n) is 2.64. The lowest BCUT2D eigenvalue weighted by Gasteiger charge is -2.30. The van der Waals surface area contributed by atoms with Gasteiger partial charge in [0.15, 0.2) is 5.82 Å². The van der Waals surface area contributed by atoms with Gasteiger partial charge in [0.1, 0.15) is 6.33 Å². The van der Waals surface area contributed by atoms with Gasteiger partial charge in [-0.25, -0.2) is 0 Å². The summed E-state index contributed by atoms with van der Waals surface area (Å²) in [6.07, 6.45) is 4.27. The van der Waals surface area contributed by atoms with Crippen LogP contribution < -0.4 is 5.32 Å². The van der Waals surface area contributed by atoms with Crippen LogP contribution in [0.4, 0.5) is 5.69 Å². The maximum Gasteiger partial charge on any atom is 0.165 e. The molecule has 2 aromatic rings. The largest absolute Gasteiger partial charge is 0.381 e. The Morgan fingerprint density at radius 2 is 2.20 bits per heavy atom. The Balaban J connectivity index is 1.88. The summed E-state index contributed by atoms with van der Waals surface area (Å²) >= 11 is 2.06. The lowest BCUT2D eigenvalue weighted by molar-refractivity contribution is 0.617. The molecule has 1 fully saturated rings. The maximum atomic E-state index is 4.23. The third kappa shape index (κ3) is 2.68. The van der Waals surface area contributed by atoms with Gasteiger partial charge in [0.05, 0.1) is 0 Å². The maximum absolute atomic E-state index is 4.23. The van der Waals surface area contributed by atoms with E-state index in [4.69, 9.17) is 0 Å². The Kier molecular flexibility index (Phi) is 3.96. The first kappa shape index (κ1) is 13.5. The molecule has 0 aliphatic carbocycles. The smallest absolute Gasteiger partial charge is 0.165 e. The van der Waals surface area contributed by atoms with Gasteiger partial charge in [0.2, 0.25) is 0 Å². The van der Waals surface area contributed by atoms with Crippen molar-refractivity contribution in [1.82, 2.24) is 14.8 Å². The molecule has 2 atom stereocenters. The van der Waals surface area contributed by atoms with Crippen LogP contribution in [-0.2, 0) is 7.05 Å². The second-order valence-electron chi connectivity index (χ2n) is 5.28. The number of anilines is 1. The molecule has 20 heavy (non-hydrogen) atoms. The fraction of sp³-hybridized carbons (Fsp3) is 0.467. The molecule has 1 N–H and O–H groups in total. The third-order valence-corrected chi connectivity index (χ3v) is 5.21. The molecule has 2 unspecified atom stereocenters. The number of hydrogen-bond acceptors (Lipinski definition) is 4. The van der Waals surface area contributed by atoms with Crippen molar-refractivity contribution in [3.63, 3.8) is 0 Å². The number of benzene rings is 1. The summed E-state index contributed by atoms with van der Waals surface area (Å²) in [5, 5.41) is 12.6. The summed E-state index contributed by atoms with van der Waals surface area (Å²) in [5.74, 6) is 2.19. The van der Waals surface area contributed by atoms with Crippen LogP contribution in [0.5, 0.6) is 0 Å². The van der Waals surface area contributed by atoms with E-state index in [0.29, 0.717) is 11.3 Å². The van der Waals surface area contributed by atoms with Crippen molar-refractivity contribution in [2.75, 3.05) is 11.1 Å². The first-order chi connectivity index (χ1) is 9.75. The number of aromatic nitrogens is 3. The zero-order chi connectivity index (χ0) is 13.9. The zero-order valence-electron chi connectivity index (χ0n) is 11.9. The summed E-state index contributed by atoms with van der Waals surface area (Å²) in [6.45, 7) is 2.31. The summed E-state index contributed by atoms with van der Waals surface area (Å²) in [4.78, 5) is 0. The molecule has 0 amide bonds. The molecular weight excluding hydrogens is 268 g/mol. The van der Waals surface area contributed by atoms with Crippen molar-refractivity contribution >= 4 is 17.4 Å². The van der Waals surface area contributed by atoms with Crippen LogP contribution >= 0.6 is 11.8 Å². The van der Waals surface area contributed by atoms with Gasteiger partial charge in [-0.1, -0.05) is 19.1 Å². The van der Waals surface area contributed by atoms with Gasteiger partial charge in [-0.05, 0) is 30.7 Å². The second kappa shape index (κ2) is 5.87. The van der Waals surface area contributed by atoms with E-state index in [9.17, 15) is 0 Å². The monoisotopic (exact) mass is 288 g/mol. The van der Waals surface area contributed by atoms with Gasteiger partial charge < -0.3 is 9.88 Å². The molecule has 4 nitrogen and oxygen atoms in total. The highest BCUT2D eigenvalue weighted by molar-refractivity contribution is 8.00. The second-order valence-corrected chi connectivity index (χ2v) is 6.77. The minimum absolute atomic E-state index is 0.531. The van der Waals surface area contributed by atoms with E-state index in [-0.39, 0.29) is 0 Å². The lowest BCUT2D eigenvalue weighted by Crippen LogP contribution is -2.32. The van der Waals surface area contributed by atoms with Crippen molar-refractivity contribution in [3.05, 3.63) is 30.6 Å². The number of rotatable bonds is 3. The van der Waals surface area contributed by atoms with Crippen LogP contribution in [0.15, 0.2) is 30.6 Å². The highest BCUT2D eigenvalue weighted by atomic mass is 32.2. The highest BCUT2D eigenvalue weighted by Gasteiger charge is 2.22. The number of thioether (sulfide) groups is 1. The Hall–Kier alpha value is -1.49. The molecule has 1 aromatic heterocycles. The quantitative estimate of drug-likeness (QED) is 0.942. The topological polar surface area (TPSA) is 42.7 Å². The molecule has 1 aliphatic heterocycles. The number of para-hydroxylation sites is 1. The van der Waals surface area contributed by atoms with Crippen LogP contribution in [0.25, 0.3) is 11.4 Å². The fourth-order valence-corrected chi connectivity index (χ4v) is 3.79. The number of hydrogen-bond donors (Lipinski definition) is 1. The Morgan fingerprint density at radius 3 is 2.95 bits per heavy atom. The molecule has 106 valence electrons. The first-order valence-electron chi connectivity index (χ1n) is 7.07. The molecule has 0 spiro atoms. The Bertz CT molecular complexity index is 581. The van der Waals surface area contributed by atoms with Crippen molar-refractivity contribution in [3.8, 4) is 11.4 Å². The normalized spacial score (nSPS) is 22.7.